The zero-order valence-corrected chi connectivity index (χ0v) is 58.4. The summed E-state index contributed by atoms with van der Waals surface area (Å²) in [5.74, 6) is 3.62. The topological polar surface area (TPSA) is 168 Å². The van der Waals surface area contributed by atoms with Crippen molar-refractivity contribution in [2.24, 2.45) is 0 Å². The third-order valence-corrected chi connectivity index (χ3v) is 20.7. The highest BCUT2D eigenvalue weighted by Crippen LogP contribution is 2.42. The average molecular weight is 1410 g/mol. The summed E-state index contributed by atoms with van der Waals surface area (Å²) in [6.45, 7) is 0. The number of para-hydroxylation sites is 4. The molecule has 14 aromatic carbocycles. The quantitative estimate of drug-likeness (QED) is 0.112. The fourth-order valence-corrected chi connectivity index (χ4v) is 15.5. The van der Waals surface area contributed by atoms with Crippen LogP contribution in [0.1, 0.15) is 0 Å². The molecule has 0 spiro atoms. The number of hydrogen-bond donors (Lipinski definition) is 0. The maximum Gasteiger partial charge on any atom is 0.164 e. The zero-order chi connectivity index (χ0) is 70.7. The first-order chi connectivity index (χ1) is 53.0. The Morgan fingerprint density at radius 3 is 1.00 bits per heavy atom. The van der Waals surface area contributed by atoms with Crippen LogP contribution in [0.15, 0.2) is 332 Å². The lowest BCUT2D eigenvalue weighted by molar-refractivity contribution is 0.670. The van der Waals surface area contributed by atoms with E-state index in [1.807, 2.05) is 127 Å². The van der Waals surface area contributed by atoms with Crippen LogP contribution in [0.2, 0.25) is 0 Å². The number of nitrogens with zero attached hydrogens (tertiary/aromatic N) is 12. The molecule has 15 heteroatoms. The molecule has 21 aromatic rings. The van der Waals surface area contributed by atoms with Gasteiger partial charge in [-0.25, -0.2) is 39.9 Å². The Hall–Kier alpha value is -14.1. The van der Waals surface area contributed by atoms with Crippen molar-refractivity contribution >= 4 is 111 Å². The van der Waals surface area contributed by atoms with Gasteiger partial charge in [0.25, 0.3) is 0 Å². The first-order valence-electron chi connectivity index (χ1n) is 35.0. The molecule has 0 saturated carbocycles. The number of furan rings is 1. The van der Waals surface area contributed by atoms with E-state index >= 15 is 0 Å². The van der Waals surface area contributed by atoms with Gasteiger partial charge in [0, 0.05) is 93.2 Å². The molecule has 13 nitrogen and oxygen atoms in total. The Kier molecular flexibility index (Phi) is 15.6. The highest BCUT2D eigenvalue weighted by molar-refractivity contribution is 7.00. The molecule has 0 aliphatic rings. The number of hydrogen-bond acceptors (Lipinski definition) is 15. The van der Waals surface area contributed by atoms with Gasteiger partial charge in [-0.3, -0.25) is 0 Å². The van der Waals surface area contributed by atoms with Gasteiger partial charge in [-0.2, -0.15) is 17.5 Å². The summed E-state index contributed by atoms with van der Waals surface area (Å²) in [6, 6.07) is 112. The van der Waals surface area contributed by atoms with E-state index < -0.39 is 0 Å². The lowest BCUT2D eigenvalue weighted by Gasteiger charge is -2.13. The van der Waals surface area contributed by atoms with Crippen LogP contribution in [-0.2, 0) is 0 Å². The highest BCUT2D eigenvalue weighted by atomic mass is 32.1. The SMILES string of the molecule is c1ccc(-c2cc(-c3ccccc3)cc(-c3nc(-c4ccccc4)nc(-c4ccc(-c5nc6ccccc6c6c5ccc5nsnc56)cc4)n3)c2)cc1.c1ccc(-c2nc(-c3ccc(-c4nc5ccccc5c5c4ccc4nsnc45)cc3)nc(-c3ccc(-c4cccc5c4oc4ccccc45)cc3)n2)cc1. The second kappa shape index (κ2) is 26.6. The number of pyridine rings is 2. The lowest BCUT2D eigenvalue weighted by Crippen LogP contribution is -2.00. The van der Waals surface area contributed by atoms with Crippen molar-refractivity contribution in [3.05, 3.63) is 328 Å². The summed E-state index contributed by atoms with van der Waals surface area (Å²) in [4.78, 5) is 40.5. The second-order valence-corrected chi connectivity index (χ2v) is 27.1. The normalized spacial score (nSPS) is 11.6. The van der Waals surface area contributed by atoms with Crippen molar-refractivity contribution in [1.82, 2.24) is 57.4 Å². The molecule has 0 radical (unpaired) electrons. The zero-order valence-electron chi connectivity index (χ0n) is 56.8. The standard InChI is InChI=1S/C46H26N6OS.C46H28N6S/c1-2-9-29(10-3-1)44-48-45(30-21-17-27(18-22-30)32-13-8-14-34-33-11-5-7-16-39(33)53-43(32)34)50-46(49-44)31-23-19-28(20-24-31)41-36-25-26-38-42(52-54-51-38)40(36)35-12-4-6-15-37(35)47-41;1-4-12-29(13-5-1)34-26-35(30-14-6-2-7-15-30)28-36(27-34)46-49-44(32-16-8-3-9-17-32)48-45(50-46)33-22-20-31(21-23-33)42-38-24-25-40-43(52-53-51-40)41(38)37-18-10-11-19-39(37)47-42/h1-26H;1-28H. The summed E-state index contributed by atoms with van der Waals surface area (Å²) < 4.78 is 24.7. The molecular formula is C92H54N12OS2. The van der Waals surface area contributed by atoms with Crippen molar-refractivity contribution in [2.45, 2.75) is 0 Å². The van der Waals surface area contributed by atoms with Gasteiger partial charge in [0.15, 0.2) is 34.9 Å². The molecule has 107 heavy (non-hydrogen) atoms. The molecule has 21 rings (SSSR count). The third kappa shape index (κ3) is 11.6. The van der Waals surface area contributed by atoms with Gasteiger partial charge in [-0.05, 0) is 88.5 Å². The number of aromatic nitrogens is 12. The van der Waals surface area contributed by atoms with Crippen molar-refractivity contribution in [2.75, 3.05) is 0 Å². The summed E-state index contributed by atoms with van der Waals surface area (Å²) in [5.41, 5.74) is 22.9. The van der Waals surface area contributed by atoms with Gasteiger partial charge in [0.05, 0.1) is 45.9 Å². The lowest BCUT2D eigenvalue weighted by atomic mass is 9.96. The van der Waals surface area contributed by atoms with E-state index in [-0.39, 0.29) is 0 Å². The van der Waals surface area contributed by atoms with E-state index in [4.69, 9.17) is 44.3 Å². The molecule has 0 amide bonds. The minimum Gasteiger partial charge on any atom is -0.455 e. The molecule has 0 N–H and O–H groups in total. The minimum absolute atomic E-state index is 0.591. The molecule has 0 aliphatic heterocycles. The fourth-order valence-electron chi connectivity index (χ4n) is 14.4. The Morgan fingerprint density at radius 1 is 0.206 bits per heavy atom. The minimum atomic E-state index is 0.591. The first-order valence-corrected chi connectivity index (χ1v) is 36.5. The van der Waals surface area contributed by atoms with E-state index in [2.05, 4.69) is 218 Å². The Morgan fingerprint density at radius 2 is 0.551 bits per heavy atom. The van der Waals surface area contributed by atoms with Gasteiger partial charge in [-0.1, -0.05) is 267 Å². The van der Waals surface area contributed by atoms with E-state index in [0.29, 0.717) is 34.9 Å². The fraction of sp³-hybridized carbons (Fsp3) is 0. The number of rotatable bonds is 11. The molecule has 0 aliphatic carbocycles. The smallest absolute Gasteiger partial charge is 0.164 e. The Labute approximate surface area is 620 Å². The van der Waals surface area contributed by atoms with Crippen LogP contribution in [-0.4, -0.2) is 57.4 Å². The van der Waals surface area contributed by atoms with Gasteiger partial charge < -0.3 is 4.42 Å². The molecule has 0 atom stereocenters. The van der Waals surface area contributed by atoms with Crippen LogP contribution in [0.25, 0.3) is 212 Å². The van der Waals surface area contributed by atoms with Crippen LogP contribution >= 0.6 is 23.5 Å². The predicted molar refractivity (Wildman–Crippen MR) is 434 cm³/mol. The van der Waals surface area contributed by atoms with Crippen LogP contribution in [0.5, 0.6) is 0 Å². The van der Waals surface area contributed by atoms with Crippen LogP contribution in [0.3, 0.4) is 0 Å². The van der Waals surface area contributed by atoms with Crippen molar-refractivity contribution in [1.29, 1.82) is 0 Å². The van der Waals surface area contributed by atoms with Gasteiger partial charge in [0.1, 0.15) is 33.2 Å². The molecule has 0 bridgehead atoms. The van der Waals surface area contributed by atoms with Crippen molar-refractivity contribution < 1.29 is 4.42 Å². The van der Waals surface area contributed by atoms with Crippen molar-refractivity contribution in [3.63, 3.8) is 0 Å². The summed E-state index contributed by atoms with van der Waals surface area (Å²) in [5, 5.41) is 8.57. The molecule has 7 heterocycles. The maximum atomic E-state index is 6.33. The molecule has 500 valence electrons. The van der Waals surface area contributed by atoms with E-state index in [0.717, 1.165) is 177 Å². The largest absolute Gasteiger partial charge is 0.455 e. The van der Waals surface area contributed by atoms with Gasteiger partial charge >= 0.3 is 0 Å². The molecule has 0 saturated heterocycles. The monoisotopic (exact) mass is 1410 g/mol. The molecular weight excluding hydrogens is 1350 g/mol. The molecule has 0 fully saturated rings. The van der Waals surface area contributed by atoms with Crippen LogP contribution in [0, 0.1) is 0 Å². The van der Waals surface area contributed by atoms with Gasteiger partial charge in [0.2, 0.25) is 0 Å². The van der Waals surface area contributed by atoms with E-state index in [1.54, 1.807) is 0 Å². The van der Waals surface area contributed by atoms with Crippen LogP contribution in [0.4, 0.5) is 0 Å². The first kappa shape index (κ1) is 62.6. The number of fused-ring (bicyclic) bond motifs is 13. The van der Waals surface area contributed by atoms with E-state index in [9.17, 15) is 0 Å². The summed E-state index contributed by atoms with van der Waals surface area (Å²) in [6.07, 6.45) is 0. The van der Waals surface area contributed by atoms with Crippen molar-refractivity contribution in [3.8, 4) is 124 Å². The highest BCUT2D eigenvalue weighted by Gasteiger charge is 2.22. The Bertz CT molecular complexity index is 6920. The van der Waals surface area contributed by atoms with E-state index in [1.165, 1.54) is 23.5 Å². The van der Waals surface area contributed by atoms with Gasteiger partial charge in [-0.15, -0.1) is 0 Å². The summed E-state index contributed by atoms with van der Waals surface area (Å²) >= 11 is 2.47. The maximum absolute atomic E-state index is 6.33. The second-order valence-electron chi connectivity index (χ2n) is 26.1. The Balaban J connectivity index is 0.000000141. The average Bonchev–Trinajstić information content (AvgIpc) is 1.47. The predicted octanol–water partition coefficient (Wildman–Crippen LogP) is 23.4. The summed E-state index contributed by atoms with van der Waals surface area (Å²) in [7, 11) is 0. The molecule has 0 unspecified atom stereocenters. The molecule has 7 aromatic heterocycles. The van der Waals surface area contributed by atoms with Crippen LogP contribution < -0.4 is 0 Å². The third-order valence-electron chi connectivity index (χ3n) is 19.6. The number of benzene rings is 14.